The molecule has 0 spiro atoms. The Morgan fingerprint density at radius 2 is 2.12 bits per heavy atom. The van der Waals surface area contributed by atoms with E-state index in [9.17, 15) is 14.4 Å². The topological polar surface area (TPSA) is 94.2 Å². The van der Waals surface area contributed by atoms with Crippen molar-refractivity contribution >= 4 is 23.5 Å². The molecule has 0 saturated heterocycles. The smallest absolute Gasteiger partial charge is 0.326 e. The van der Waals surface area contributed by atoms with E-state index in [1.165, 1.54) is 18.9 Å². The van der Waals surface area contributed by atoms with E-state index in [1.807, 2.05) is 0 Å². The van der Waals surface area contributed by atoms with Gasteiger partial charge in [0, 0.05) is 13.7 Å². The van der Waals surface area contributed by atoms with Crippen LogP contribution in [0.2, 0.25) is 0 Å². The Labute approximate surface area is 146 Å². The number of nitrogens with zero attached hydrogens (tertiary/aromatic N) is 1. The first-order valence-corrected chi connectivity index (χ1v) is 8.01. The minimum absolute atomic E-state index is 0.162. The zero-order valence-electron chi connectivity index (χ0n) is 14.3. The molecule has 1 aliphatic heterocycles. The first-order valence-electron chi connectivity index (χ1n) is 8.01. The summed E-state index contributed by atoms with van der Waals surface area (Å²) >= 11 is 0. The Hall–Kier alpha value is -2.61. The highest BCUT2D eigenvalue weighted by Crippen LogP contribution is 2.30. The van der Waals surface area contributed by atoms with E-state index < -0.39 is 18.0 Å². The van der Waals surface area contributed by atoms with Gasteiger partial charge in [-0.05, 0) is 19.1 Å². The van der Waals surface area contributed by atoms with Gasteiger partial charge in [-0.1, -0.05) is 12.1 Å². The van der Waals surface area contributed by atoms with Crippen LogP contribution in [0.25, 0.3) is 0 Å². The summed E-state index contributed by atoms with van der Waals surface area (Å²) in [6, 6.07) is 6.98. The predicted octanol–water partition coefficient (Wildman–Crippen LogP) is 0.496. The molecule has 2 amide bonds. The summed E-state index contributed by atoms with van der Waals surface area (Å²) in [5.74, 6) is -0.790. The van der Waals surface area contributed by atoms with Crippen molar-refractivity contribution in [2.24, 2.45) is 0 Å². The fourth-order valence-electron chi connectivity index (χ4n) is 2.33. The lowest BCUT2D eigenvalue weighted by Crippen LogP contribution is -2.41. The maximum absolute atomic E-state index is 12.3. The normalized spacial score (nSPS) is 14.8. The molecule has 1 aromatic rings. The van der Waals surface area contributed by atoms with Gasteiger partial charge in [-0.2, -0.15) is 0 Å². The van der Waals surface area contributed by atoms with Crippen LogP contribution in [-0.2, 0) is 23.9 Å². The fraction of sp³-hybridized carbons (Fsp3) is 0.471. The van der Waals surface area contributed by atoms with Crippen LogP contribution in [0.3, 0.4) is 0 Å². The number of hydrogen-bond donors (Lipinski definition) is 1. The van der Waals surface area contributed by atoms with Gasteiger partial charge >= 0.3 is 5.97 Å². The van der Waals surface area contributed by atoms with Crippen LogP contribution in [-0.4, -0.2) is 57.3 Å². The maximum atomic E-state index is 12.3. The highest BCUT2D eigenvalue weighted by molar-refractivity contribution is 5.99. The van der Waals surface area contributed by atoms with E-state index in [1.54, 1.807) is 24.3 Å². The van der Waals surface area contributed by atoms with E-state index in [0.717, 1.165) is 0 Å². The number of fused-ring (bicyclic) bond motifs is 1. The first-order chi connectivity index (χ1) is 12.0. The van der Waals surface area contributed by atoms with E-state index in [2.05, 4.69) is 5.32 Å². The van der Waals surface area contributed by atoms with Crippen LogP contribution in [0, 0.1) is 0 Å². The predicted molar refractivity (Wildman–Crippen MR) is 89.3 cm³/mol. The van der Waals surface area contributed by atoms with Crippen LogP contribution < -0.4 is 15.0 Å². The third-order valence-corrected chi connectivity index (χ3v) is 3.60. The second-order valence-electron chi connectivity index (χ2n) is 5.46. The number of benzene rings is 1. The molecule has 0 aromatic heterocycles. The third-order valence-electron chi connectivity index (χ3n) is 3.60. The van der Waals surface area contributed by atoms with Gasteiger partial charge in [0.15, 0.2) is 6.10 Å². The van der Waals surface area contributed by atoms with Crippen molar-refractivity contribution in [2.75, 3.05) is 38.3 Å². The number of anilines is 1. The summed E-state index contributed by atoms with van der Waals surface area (Å²) < 4.78 is 15.5. The van der Waals surface area contributed by atoms with Crippen LogP contribution in [0.1, 0.15) is 13.3 Å². The Morgan fingerprint density at radius 1 is 1.36 bits per heavy atom. The Bertz CT molecular complexity index is 633. The summed E-state index contributed by atoms with van der Waals surface area (Å²) in [5.41, 5.74) is 0.513. The van der Waals surface area contributed by atoms with Crippen LogP contribution in [0.15, 0.2) is 24.3 Å². The monoisotopic (exact) mass is 350 g/mol. The van der Waals surface area contributed by atoms with Gasteiger partial charge in [-0.3, -0.25) is 19.3 Å². The fourth-order valence-corrected chi connectivity index (χ4v) is 2.33. The molecule has 8 heteroatoms. The lowest BCUT2D eigenvalue weighted by molar-refractivity contribution is -0.153. The number of ether oxygens (including phenoxy) is 3. The first kappa shape index (κ1) is 18.7. The molecule has 0 aliphatic carbocycles. The van der Waals surface area contributed by atoms with Crippen molar-refractivity contribution in [3.63, 3.8) is 0 Å². The molecule has 25 heavy (non-hydrogen) atoms. The molecule has 0 saturated carbocycles. The molecule has 1 aliphatic rings. The molecular formula is C17H22N2O6. The molecule has 1 N–H and O–H groups in total. The number of amides is 2. The van der Waals surface area contributed by atoms with Crippen molar-refractivity contribution in [3.05, 3.63) is 24.3 Å². The molecule has 0 fully saturated rings. The largest absolute Gasteiger partial charge is 0.491 e. The second kappa shape index (κ2) is 9.03. The molecule has 8 nitrogen and oxygen atoms in total. The second-order valence-corrected chi connectivity index (χ2v) is 5.46. The minimum atomic E-state index is -0.960. The number of hydrogen-bond acceptors (Lipinski definition) is 6. The summed E-state index contributed by atoms with van der Waals surface area (Å²) in [7, 11) is 1.52. The Balaban J connectivity index is 1.97. The average Bonchev–Trinajstić information content (AvgIpc) is 2.74. The molecule has 0 unspecified atom stereocenters. The lowest BCUT2D eigenvalue weighted by Gasteiger charge is -2.22. The van der Waals surface area contributed by atoms with Crippen molar-refractivity contribution in [1.29, 1.82) is 0 Å². The van der Waals surface area contributed by atoms with Gasteiger partial charge in [-0.25, -0.2) is 0 Å². The van der Waals surface area contributed by atoms with Crippen LogP contribution in [0.5, 0.6) is 5.75 Å². The van der Waals surface area contributed by atoms with Crippen molar-refractivity contribution in [3.8, 4) is 5.75 Å². The van der Waals surface area contributed by atoms with E-state index in [0.29, 0.717) is 24.6 Å². The summed E-state index contributed by atoms with van der Waals surface area (Å²) in [6.45, 7) is 2.13. The number of nitrogens with one attached hydrogen (secondary N) is 1. The summed E-state index contributed by atoms with van der Waals surface area (Å²) in [4.78, 5) is 37.6. The minimum Gasteiger partial charge on any atom is -0.491 e. The Morgan fingerprint density at radius 3 is 2.88 bits per heavy atom. The van der Waals surface area contributed by atoms with Gasteiger partial charge in [-0.15, -0.1) is 0 Å². The molecule has 1 heterocycles. The van der Waals surface area contributed by atoms with Crippen molar-refractivity contribution in [2.45, 2.75) is 19.4 Å². The summed E-state index contributed by atoms with van der Waals surface area (Å²) in [6.07, 6.45) is -0.799. The van der Waals surface area contributed by atoms with E-state index >= 15 is 0 Å². The lowest BCUT2D eigenvalue weighted by atomic mass is 10.2. The molecule has 1 aromatic carbocycles. The number of methoxy groups -OCH3 is 1. The highest BCUT2D eigenvalue weighted by Gasteiger charge is 2.27. The van der Waals surface area contributed by atoms with Gasteiger partial charge < -0.3 is 19.5 Å². The third kappa shape index (κ3) is 5.18. The zero-order chi connectivity index (χ0) is 18.2. The highest BCUT2D eigenvalue weighted by atomic mass is 16.5. The standard InChI is InChI=1S/C17H22N2O6/c1-12(17(22)18-8-10-23-2)25-16(21)11-19-13-5-3-4-6-14(13)24-9-7-15(19)20/h3-6,12H,7-11H2,1-2H3,(H,18,22)/t12-/m0/s1. The van der Waals surface area contributed by atoms with E-state index in [-0.39, 0.29) is 25.5 Å². The molecular weight excluding hydrogens is 328 g/mol. The van der Waals surface area contributed by atoms with Gasteiger partial charge in [0.1, 0.15) is 12.3 Å². The average molecular weight is 350 g/mol. The molecule has 0 bridgehead atoms. The summed E-state index contributed by atoms with van der Waals surface area (Å²) in [5, 5.41) is 2.59. The van der Waals surface area contributed by atoms with Crippen molar-refractivity contribution < 1.29 is 28.6 Å². The van der Waals surface area contributed by atoms with Gasteiger partial charge in [0.05, 0.1) is 25.3 Å². The molecule has 136 valence electrons. The number of carbonyl (C=O) groups excluding carboxylic acids is 3. The SMILES string of the molecule is COCCNC(=O)[C@H](C)OC(=O)CN1C(=O)CCOc2ccccc21. The number of rotatable bonds is 7. The Kier molecular flexibility index (Phi) is 6.76. The van der Waals surface area contributed by atoms with Crippen LogP contribution in [0.4, 0.5) is 5.69 Å². The number of carbonyl (C=O) groups is 3. The number of esters is 1. The molecule has 2 rings (SSSR count). The number of para-hydroxylation sites is 2. The van der Waals surface area contributed by atoms with E-state index in [4.69, 9.17) is 14.2 Å². The van der Waals surface area contributed by atoms with Crippen molar-refractivity contribution in [1.82, 2.24) is 5.32 Å². The molecule has 1 atom stereocenters. The zero-order valence-corrected chi connectivity index (χ0v) is 14.3. The van der Waals surface area contributed by atoms with Gasteiger partial charge in [0.2, 0.25) is 5.91 Å². The molecule has 0 radical (unpaired) electrons. The quantitative estimate of drug-likeness (QED) is 0.568. The van der Waals surface area contributed by atoms with Gasteiger partial charge in [0.25, 0.3) is 5.91 Å². The maximum Gasteiger partial charge on any atom is 0.326 e. The van der Waals surface area contributed by atoms with Crippen LogP contribution >= 0.6 is 0 Å².